The molecule has 0 spiro atoms. The van der Waals surface area contributed by atoms with Crippen LogP contribution in [-0.2, 0) is 19.9 Å². The third kappa shape index (κ3) is 3.08. The molecule has 5 heteroatoms. The molecule has 1 N–H and O–H groups in total. The van der Waals surface area contributed by atoms with Crippen molar-refractivity contribution in [3.8, 4) is 0 Å². The van der Waals surface area contributed by atoms with E-state index in [4.69, 9.17) is 4.74 Å². The molecule has 1 aromatic rings. The molecular formula is C16H22N2O3. The van der Waals surface area contributed by atoms with Crippen LogP contribution in [0, 0.1) is 0 Å². The van der Waals surface area contributed by atoms with Gasteiger partial charge in [-0.2, -0.15) is 0 Å². The largest absolute Gasteiger partial charge is 0.383 e. The summed E-state index contributed by atoms with van der Waals surface area (Å²) in [5, 5.41) is 2.89. The average Bonchev–Trinajstić information content (AvgIpc) is 2.55. The summed E-state index contributed by atoms with van der Waals surface area (Å²) in [5.41, 5.74) is -0.239. The molecular weight excluding hydrogens is 268 g/mol. The van der Waals surface area contributed by atoms with Crippen molar-refractivity contribution >= 4 is 11.8 Å². The van der Waals surface area contributed by atoms with E-state index in [2.05, 4.69) is 5.32 Å². The third-order valence-electron chi connectivity index (χ3n) is 3.98. The van der Waals surface area contributed by atoms with E-state index >= 15 is 0 Å². The molecule has 1 heterocycles. The fourth-order valence-corrected chi connectivity index (χ4v) is 2.73. The Kier molecular flexibility index (Phi) is 4.63. The minimum absolute atomic E-state index is 0.0934. The number of hydrogen-bond acceptors (Lipinski definition) is 3. The first kappa shape index (κ1) is 15.5. The molecule has 114 valence electrons. The monoisotopic (exact) mass is 290 g/mol. The van der Waals surface area contributed by atoms with Gasteiger partial charge in [0.25, 0.3) is 5.91 Å². The van der Waals surface area contributed by atoms with Crippen LogP contribution >= 0.6 is 0 Å². The molecule has 1 fully saturated rings. The van der Waals surface area contributed by atoms with Crippen LogP contribution in [0.2, 0.25) is 0 Å². The van der Waals surface area contributed by atoms with Crippen molar-refractivity contribution in [1.82, 2.24) is 10.2 Å². The van der Waals surface area contributed by atoms with Crippen LogP contribution in [-0.4, -0.2) is 43.0 Å². The van der Waals surface area contributed by atoms with E-state index in [0.717, 1.165) is 5.56 Å². The zero-order valence-corrected chi connectivity index (χ0v) is 12.8. The van der Waals surface area contributed by atoms with Crippen LogP contribution in [0.25, 0.3) is 0 Å². The van der Waals surface area contributed by atoms with Crippen molar-refractivity contribution in [2.75, 3.05) is 20.3 Å². The van der Waals surface area contributed by atoms with Crippen LogP contribution in [0.4, 0.5) is 0 Å². The van der Waals surface area contributed by atoms with Gasteiger partial charge >= 0.3 is 0 Å². The van der Waals surface area contributed by atoms with E-state index < -0.39 is 5.54 Å². The summed E-state index contributed by atoms with van der Waals surface area (Å²) in [6.45, 7) is 4.59. The van der Waals surface area contributed by atoms with E-state index in [0.29, 0.717) is 19.6 Å². The molecule has 0 radical (unpaired) electrons. The van der Waals surface area contributed by atoms with Gasteiger partial charge in [-0.15, -0.1) is 0 Å². The van der Waals surface area contributed by atoms with Gasteiger partial charge in [0.1, 0.15) is 5.54 Å². The molecule has 2 rings (SSSR count). The number of nitrogens with one attached hydrogen (secondary N) is 1. The first-order chi connectivity index (χ1) is 9.99. The van der Waals surface area contributed by atoms with Crippen molar-refractivity contribution in [1.29, 1.82) is 0 Å². The molecule has 1 aliphatic heterocycles. The van der Waals surface area contributed by atoms with Crippen molar-refractivity contribution in [2.45, 2.75) is 31.8 Å². The molecule has 2 unspecified atom stereocenters. The van der Waals surface area contributed by atoms with Gasteiger partial charge in [-0.05, 0) is 19.4 Å². The van der Waals surface area contributed by atoms with E-state index in [1.54, 1.807) is 18.9 Å². The van der Waals surface area contributed by atoms with E-state index in [1.807, 2.05) is 37.3 Å². The Morgan fingerprint density at radius 1 is 1.33 bits per heavy atom. The zero-order chi connectivity index (χ0) is 15.5. The number of methoxy groups -OCH3 is 1. The van der Waals surface area contributed by atoms with Gasteiger partial charge in [0.15, 0.2) is 0 Å². The van der Waals surface area contributed by atoms with Gasteiger partial charge < -0.3 is 15.0 Å². The summed E-state index contributed by atoms with van der Waals surface area (Å²) < 4.78 is 5.08. The Morgan fingerprint density at radius 2 is 2.00 bits per heavy atom. The molecule has 2 amide bonds. The van der Waals surface area contributed by atoms with Crippen molar-refractivity contribution in [3.63, 3.8) is 0 Å². The van der Waals surface area contributed by atoms with Gasteiger partial charge in [0.05, 0.1) is 6.61 Å². The summed E-state index contributed by atoms with van der Waals surface area (Å²) in [4.78, 5) is 26.8. The average molecular weight is 290 g/mol. The van der Waals surface area contributed by atoms with Gasteiger partial charge in [0, 0.05) is 26.1 Å². The van der Waals surface area contributed by atoms with Crippen molar-refractivity contribution < 1.29 is 14.3 Å². The van der Waals surface area contributed by atoms with Crippen LogP contribution in [0.15, 0.2) is 30.3 Å². The Bertz CT molecular complexity index is 518. The molecule has 0 aliphatic carbocycles. The highest BCUT2D eigenvalue weighted by molar-refractivity contribution is 5.94. The maximum absolute atomic E-state index is 13.0. The van der Waals surface area contributed by atoms with Crippen molar-refractivity contribution in [3.05, 3.63) is 35.9 Å². The Labute approximate surface area is 125 Å². The van der Waals surface area contributed by atoms with Crippen LogP contribution in [0.1, 0.15) is 25.8 Å². The predicted molar refractivity (Wildman–Crippen MR) is 79.6 cm³/mol. The topological polar surface area (TPSA) is 58.6 Å². The van der Waals surface area contributed by atoms with E-state index in [-0.39, 0.29) is 17.9 Å². The smallest absolute Gasteiger partial charge is 0.253 e. The maximum Gasteiger partial charge on any atom is 0.253 e. The molecule has 1 saturated heterocycles. The summed E-state index contributed by atoms with van der Waals surface area (Å²) in [5.74, 6) is -0.203. The van der Waals surface area contributed by atoms with Gasteiger partial charge in [-0.25, -0.2) is 0 Å². The SMILES string of the molecule is COCCN1C(=O)C(C)(c2ccccc2)NC(=O)CC1C. The number of nitrogens with zero attached hydrogens (tertiary/aromatic N) is 1. The summed E-state index contributed by atoms with van der Waals surface area (Å²) >= 11 is 0. The molecule has 0 aromatic heterocycles. The normalized spacial score (nSPS) is 26.4. The minimum atomic E-state index is -1.03. The van der Waals surface area contributed by atoms with Gasteiger partial charge in [-0.3, -0.25) is 9.59 Å². The molecule has 1 aromatic carbocycles. The summed E-state index contributed by atoms with van der Waals surface area (Å²) in [6, 6.07) is 9.21. The Morgan fingerprint density at radius 3 is 2.62 bits per heavy atom. The quantitative estimate of drug-likeness (QED) is 0.909. The molecule has 0 saturated carbocycles. The predicted octanol–water partition coefficient (Wildman–Crippen LogP) is 1.29. The fourth-order valence-electron chi connectivity index (χ4n) is 2.73. The second-order valence-electron chi connectivity index (χ2n) is 5.58. The first-order valence-electron chi connectivity index (χ1n) is 7.15. The highest BCUT2D eigenvalue weighted by Crippen LogP contribution is 2.27. The number of amides is 2. The van der Waals surface area contributed by atoms with Crippen LogP contribution in [0.3, 0.4) is 0 Å². The van der Waals surface area contributed by atoms with Crippen LogP contribution < -0.4 is 5.32 Å². The lowest BCUT2D eigenvalue weighted by molar-refractivity contribution is -0.140. The number of carbonyl (C=O) groups is 2. The summed E-state index contributed by atoms with van der Waals surface area (Å²) in [7, 11) is 1.60. The van der Waals surface area contributed by atoms with E-state index in [9.17, 15) is 9.59 Å². The zero-order valence-electron chi connectivity index (χ0n) is 12.8. The lowest BCUT2D eigenvalue weighted by Crippen LogP contribution is -2.54. The highest BCUT2D eigenvalue weighted by Gasteiger charge is 2.43. The molecule has 5 nitrogen and oxygen atoms in total. The number of rotatable bonds is 4. The minimum Gasteiger partial charge on any atom is -0.383 e. The van der Waals surface area contributed by atoms with Gasteiger partial charge in [-0.1, -0.05) is 30.3 Å². The molecule has 2 atom stereocenters. The third-order valence-corrected chi connectivity index (χ3v) is 3.98. The van der Waals surface area contributed by atoms with Gasteiger partial charge in [0.2, 0.25) is 5.91 Å². The number of benzene rings is 1. The molecule has 0 bridgehead atoms. The highest BCUT2D eigenvalue weighted by atomic mass is 16.5. The standard InChI is InChI=1S/C16H22N2O3/c1-12-11-14(19)17-16(2,13-7-5-4-6-8-13)15(20)18(12)9-10-21-3/h4-8,12H,9-11H2,1-3H3,(H,17,19). The number of hydrogen-bond donors (Lipinski definition) is 1. The summed E-state index contributed by atoms with van der Waals surface area (Å²) in [6.07, 6.45) is 0.303. The fraction of sp³-hybridized carbons (Fsp3) is 0.500. The molecule has 1 aliphatic rings. The van der Waals surface area contributed by atoms with E-state index in [1.165, 1.54) is 0 Å². The Hall–Kier alpha value is -1.88. The number of carbonyl (C=O) groups excluding carboxylic acids is 2. The molecule has 21 heavy (non-hydrogen) atoms. The van der Waals surface area contributed by atoms with Crippen LogP contribution in [0.5, 0.6) is 0 Å². The second kappa shape index (κ2) is 6.26. The maximum atomic E-state index is 13.0. The Balaban J connectivity index is 2.39. The second-order valence-corrected chi connectivity index (χ2v) is 5.58. The number of ether oxygens (including phenoxy) is 1. The van der Waals surface area contributed by atoms with Crippen molar-refractivity contribution in [2.24, 2.45) is 0 Å². The first-order valence-corrected chi connectivity index (χ1v) is 7.15. The lowest BCUT2D eigenvalue weighted by atomic mass is 9.90. The lowest BCUT2D eigenvalue weighted by Gasteiger charge is -2.34.